The predicted octanol–water partition coefficient (Wildman–Crippen LogP) is 5.36. The first-order chi connectivity index (χ1) is 16.1. The molecule has 8 heteroatoms. The van der Waals surface area contributed by atoms with Crippen molar-refractivity contribution < 1.29 is 14.0 Å². The number of likely N-dealkylation sites (N-methyl/N-ethyl adjacent to an activating group) is 1. The summed E-state index contributed by atoms with van der Waals surface area (Å²) in [7, 11) is 0. The van der Waals surface area contributed by atoms with Crippen LogP contribution in [0, 0.1) is 5.82 Å². The highest BCUT2D eigenvalue weighted by atomic mass is 19.1. The van der Waals surface area contributed by atoms with Gasteiger partial charge in [-0.3, -0.25) is 4.79 Å². The van der Waals surface area contributed by atoms with Crippen molar-refractivity contribution in [3.05, 3.63) is 71.7 Å². The van der Waals surface area contributed by atoms with E-state index in [2.05, 4.69) is 22.7 Å². The third-order valence-corrected chi connectivity index (χ3v) is 5.43. The van der Waals surface area contributed by atoms with E-state index in [-0.39, 0.29) is 29.7 Å². The number of anilines is 2. The summed E-state index contributed by atoms with van der Waals surface area (Å²) in [5.41, 5.74) is 2.98. The topological polar surface area (TPSA) is 79.3 Å². The maximum Gasteiger partial charge on any atom is 0.322 e. The van der Waals surface area contributed by atoms with E-state index < -0.39 is 0 Å². The molecule has 0 bridgehead atoms. The average molecular weight is 466 g/mol. The van der Waals surface area contributed by atoms with Gasteiger partial charge in [-0.1, -0.05) is 39.8 Å². The second-order valence-corrected chi connectivity index (χ2v) is 9.10. The number of carbonyl (C=O) groups is 2. The fourth-order valence-electron chi connectivity index (χ4n) is 3.33. The Morgan fingerprint density at radius 1 is 1.00 bits per heavy atom. The maximum atomic E-state index is 13.4. The van der Waals surface area contributed by atoms with Crippen LogP contribution in [0.25, 0.3) is 5.69 Å². The van der Waals surface area contributed by atoms with Crippen molar-refractivity contribution in [2.24, 2.45) is 0 Å². The minimum Gasteiger partial charge on any atom is -0.315 e. The number of nitrogens with one attached hydrogen (secondary N) is 2. The second kappa shape index (κ2) is 10.5. The van der Waals surface area contributed by atoms with Crippen molar-refractivity contribution in [2.75, 3.05) is 23.7 Å². The van der Waals surface area contributed by atoms with Crippen molar-refractivity contribution in [3.63, 3.8) is 0 Å². The van der Waals surface area contributed by atoms with Gasteiger partial charge in [0, 0.05) is 23.7 Å². The number of halogens is 1. The number of hydrogen-bond donors (Lipinski definition) is 2. The Hall–Kier alpha value is -3.68. The van der Waals surface area contributed by atoms with Crippen molar-refractivity contribution in [3.8, 4) is 5.69 Å². The lowest BCUT2D eigenvalue weighted by molar-refractivity contribution is -0.116. The molecular weight excluding hydrogens is 433 g/mol. The van der Waals surface area contributed by atoms with Gasteiger partial charge < -0.3 is 15.5 Å². The zero-order chi connectivity index (χ0) is 24.9. The van der Waals surface area contributed by atoms with Crippen LogP contribution in [0.15, 0.2) is 54.6 Å². The van der Waals surface area contributed by atoms with E-state index in [1.807, 2.05) is 52.0 Å². The molecule has 2 N–H and O–H groups in total. The summed E-state index contributed by atoms with van der Waals surface area (Å²) < 4.78 is 15.0. The summed E-state index contributed by atoms with van der Waals surface area (Å²) >= 11 is 0. The van der Waals surface area contributed by atoms with E-state index in [4.69, 9.17) is 0 Å². The van der Waals surface area contributed by atoms with Gasteiger partial charge in [-0.2, -0.15) is 5.10 Å². The summed E-state index contributed by atoms with van der Waals surface area (Å²) in [4.78, 5) is 27.0. The maximum absolute atomic E-state index is 13.4. The van der Waals surface area contributed by atoms with Gasteiger partial charge >= 0.3 is 6.03 Å². The molecule has 7 nitrogen and oxygen atoms in total. The van der Waals surface area contributed by atoms with Crippen LogP contribution in [-0.4, -0.2) is 39.7 Å². The SMILES string of the molecule is CCc1ccc(NC(=O)N(CC)CC(=O)Nc2cc(C(C)(C)C)nn2-c2ccc(F)cc2)cc1. The summed E-state index contributed by atoms with van der Waals surface area (Å²) in [6.07, 6.45) is 0.918. The molecule has 0 saturated carbocycles. The van der Waals surface area contributed by atoms with E-state index in [1.165, 1.54) is 22.6 Å². The van der Waals surface area contributed by atoms with Crippen LogP contribution in [-0.2, 0) is 16.6 Å². The Morgan fingerprint density at radius 2 is 1.65 bits per heavy atom. The molecule has 3 rings (SSSR count). The number of benzene rings is 2. The number of nitrogens with zero attached hydrogens (tertiary/aromatic N) is 3. The Labute approximate surface area is 200 Å². The molecule has 0 spiro atoms. The average Bonchev–Trinajstić information content (AvgIpc) is 3.22. The van der Waals surface area contributed by atoms with Gasteiger partial charge in [-0.25, -0.2) is 13.9 Å². The third kappa shape index (κ3) is 6.21. The summed E-state index contributed by atoms with van der Waals surface area (Å²) in [6.45, 7) is 10.2. The number of aryl methyl sites for hydroxylation is 1. The minimum absolute atomic E-state index is 0.130. The quantitative estimate of drug-likeness (QED) is 0.493. The first-order valence-electron chi connectivity index (χ1n) is 11.4. The lowest BCUT2D eigenvalue weighted by Crippen LogP contribution is -2.40. The monoisotopic (exact) mass is 465 g/mol. The molecule has 1 aromatic heterocycles. The fraction of sp³-hybridized carbons (Fsp3) is 0.346. The molecule has 0 atom stereocenters. The van der Waals surface area contributed by atoms with Gasteiger partial charge in [0.05, 0.1) is 11.4 Å². The number of urea groups is 1. The number of aromatic nitrogens is 2. The molecule has 180 valence electrons. The Kier molecular flexibility index (Phi) is 7.71. The summed E-state index contributed by atoms with van der Waals surface area (Å²) in [5, 5.41) is 10.3. The van der Waals surface area contributed by atoms with Crippen molar-refractivity contribution in [2.45, 2.75) is 46.5 Å². The van der Waals surface area contributed by atoms with Crippen molar-refractivity contribution in [1.29, 1.82) is 0 Å². The molecule has 34 heavy (non-hydrogen) atoms. The van der Waals surface area contributed by atoms with E-state index in [0.29, 0.717) is 23.7 Å². The van der Waals surface area contributed by atoms with Crippen molar-refractivity contribution >= 4 is 23.4 Å². The molecule has 0 aliphatic carbocycles. The molecular formula is C26H32FN5O2. The standard InChI is InChI=1S/C26H32FN5O2/c1-6-18-8-12-20(13-9-18)28-25(34)31(7-2)17-24(33)29-23-16-22(26(3,4)5)30-32(23)21-14-10-19(27)11-15-21/h8-16H,6-7,17H2,1-5H3,(H,28,34)(H,29,33). The Bertz CT molecular complexity index is 1130. The highest BCUT2D eigenvalue weighted by Gasteiger charge is 2.23. The van der Waals surface area contributed by atoms with Gasteiger partial charge in [0.1, 0.15) is 18.2 Å². The molecule has 0 aliphatic heterocycles. The zero-order valence-electron chi connectivity index (χ0n) is 20.4. The number of carbonyl (C=O) groups excluding carboxylic acids is 2. The van der Waals surface area contributed by atoms with Crippen LogP contribution >= 0.6 is 0 Å². The zero-order valence-corrected chi connectivity index (χ0v) is 20.4. The molecule has 0 radical (unpaired) electrons. The molecule has 0 fully saturated rings. The first kappa shape index (κ1) is 25.0. The molecule has 0 unspecified atom stereocenters. The van der Waals surface area contributed by atoms with Gasteiger partial charge in [-0.15, -0.1) is 0 Å². The lowest BCUT2D eigenvalue weighted by Gasteiger charge is -2.21. The van der Waals surface area contributed by atoms with E-state index in [0.717, 1.165) is 12.1 Å². The highest BCUT2D eigenvalue weighted by Crippen LogP contribution is 2.26. The Balaban J connectivity index is 1.74. The van der Waals surface area contributed by atoms with E-state index in [9.17, 15) is 14.0 Å². The van der Waals surface area contributed by atoms with Crippen LogP contribution in [0.1, 0.15) is 45.9 Å². The van der Waals surface area contributed by atoms with Crippen LogP contribution in [0.4, 0.5) is 20.7 Å². The largest absolute Gasteiger partial charge is 0.322 e. The summed E-state index contributed by atoms with van der Waals surface area (Å²) in [6, 6.07) is 14.9. The second-order valence-electron chi connectivity index (χ2n) is 9.10. The van der Waals surface area contributed by atoms with Crippen LogP contribution < -0.4 is 10.6 Å². The minimum atomic E-state index is -0.359. The first-order valence-corrected chi connectivity index (χ1v) is 11.4. The normalized spacial score (nSPS) is 11.2. The molecule has 3 aromatic rings. The number of amides is 3. The molecule has 0 aliphatic rings. The number of rotatable bonds is 7. The fourth-order valence-corrected chi connectivity index (χ4v) is 3.33. The smallest absolute Gasteiger partial charge is 0.315 e. The molecule has 0 saturated heterocycles. The predicted molar refractivity (Wildman–Crippen MR) is 133 cm³/mol. The molecule has 3 amide bonds. The molecule has 2 aromatic carbocycles. The van der Waals surface area contributed by atoms with Crippen LogP contribution in [0.5, 0.6) is 0 Å². The lowest BCUT2D eigenvalue weighted by atomic mass is 9.92. The van der Waals surface area contributed by atoms with Gasteiger partial charge in [-0.05, 0) is 55.3 Å². The van der Waals surface area contributed by atoms with Crippen LogP contribution in [0.3, 0.4) is 0 Å². The number of hydrogen-bond acceptors (Lipinski definition) is 3. The van der Waals surface area contributed by atoms with Gasteiger partial charge in [0.2, 0.25) is 5.91 Å². The van der Waals surface area contributed by atoms with E-state index in [1.54, 1.807) is 22.9 Å². The highest BCUT2D eigenvalue weighted by molar-refractivity contribution is 5.96. The Morgan fingerprint density at radius 3 is 2.21 bits per heavy atom. The summed E-state index contributed by atoms with van der Waals surface area (Å²) in [5.74, 6) is -0.262. The van der Waals surface area contributed by atoms with E-state index >= 15 is 0 Å². The third-order valence-electron chi connectivity index (χ3n) is 5.43. The van der Waals surface area contributed by atoms with Crippen molar-refractivity contribution in [1.82, 2.24) is 14.7 Å². The van der Waals surface area contributed by atoms with Crippen LogP contribution in [0.2, 0.25) is 0 Å². The van der Waals surface area contributed by atoms with Gasteiger partial charge in [0.25, 0.3) is 0 Å². The molecule has 1 heterocycles. The van der Waals surface area contributed by atoms with Gasteiger partial charge in [0.15, 0.2) is 0 Å².